The van der Waals surface area contributed by atoms with E-state index in [-0.39, 0.29) is 5.41 Å². The maximum absolute atomic E-state index is 13.5. The van der Waals surface area contributed by atoms with Crippen molar-refractivity contribution in [1.82, 2.24) is 14.7 Å². The average Bonchev–Trinajstić information content (AvgIpc) is 2.70. The van der Waals surface area contributed by atoms with E-state index in [0.717, 1.165) is 45.4 Å². The summed E-state index contributed by atoms with van der Waals surface area (Å²) in [4.78, 5) is 20.7. The molecular formula is C23H35N3O. The van der Waals surface area contributed by atoms with Gasteiger partial charge in [0.15, 0.2) is 0 Å². The van der Waals surface area contributed by atoms with E-state index in [0.29, 0.717) is 11.9 Å². The molecule has 27 heavy (non-hydrogen) atoms. The summed E-state index contributed by atoms with van der Waals surface area (Å²) in [6.07, 6.45) is 7.25. The van der Waals surface area contributed by atoms with Gasteiger partial charge in [-0.3, -0.25) is 9.69 Å². The third-order valence-corrected chi connectivity index (χ3v) is 7.26. The number of likely N-dealkylation sites (N-methyl/N-ethyl adjacent to an activating group) is 1. The van der Waals surface area contributed by atoms with Crippen molar-refractivity contribution < 1.29 is 4.79 Å². The van der Waals surface area contributed by atoms with Gasteiger partial charge in [-0.15, -0.1) is 0 Å². The Hall–Kier alpha value is -1.39. The second-order valence-corrected chi connectivity index (χ2v) is 9.07. The number of hydrogen-bond donors (Lipinski definition) is 0. The third kappa shape index (κ3) is 3.79. The molecule has 1 amide bonds. The predicted molar refractivity (Wildman–Crippen MR) is 110 cm³/mol. The van der Waals surface area contributed by atoms with E-state index in [9.17, 15) is 4.79 Å². The number of rotatable bonds is 3. The Bertz CT molecular complexity index is 667. The Kier molecular flexibility index (Phi) is 5.56. The quantitative estimate of drug-likeness (QED) is 0.820. The monoisotopic (exact) mass is 369 g/mol. The molecule has 0 radical (unpaired) electrons. The van der Waals surface area contributed by atoms with Crippen LogP contribution in [0.2, 0.25) is 0 Å². The summed E-state index contributed by atoms with van der Waals surface area (Å²) in [5.74, 6) is 0.351. The number of carbonyl (C=O) groups excluding carboxylic acids is 1. The fraction of sp³-hybridized carbons (Fsp3) is 0.696. The van der Waals surface area contributed by atoms with Gasteiger partial charge in [0.25, 0.3) is 0 Å². The number of fused-ring (bicyclic) bond motifs is 1. The predicted octanol–water partition coefficient (Wildman–Crippen LogP) is 2.91. The van der Waals surface area contributed by atoms with Crippen molar-refractivity contribution in [1.29, 1.82) is 0 Å². The highest BCUT2D eigenvalue weighted by Gasteiger charge is 2.42. The standard InChI is InChI=1S/C23H35N3O/c1-23(12-7-9-19-8-3-4-11-21(19)23)22(27)26-16-14-25(15-17-26)18-20-10-5-6-13-24(20)2/h3-4,8,11,20H,5-7,9-10,12-18H2,1-2H3/t20-,23-/m1/s1. The maximum Gasteiger partial charge on any atom is 0.233 e. The second-order valence-electron chi connectivity index (χ2n) is 9.07. The van der Waals surface area contributed by atoms with Gasteiger partial charge in [0.2, 0.25) is 5.91 Å². The van der Waals surface area contributed by atoms with Gasteiger partial charge >= 0.3 is 0 Å². The van der Waals surface area contributed by atoms with E-state index in [1.807, 2.05) is 0 Å². The van der Waals surface area contributed by atoms with Crippen molar-refractivity contribution in [3.05, 3.63) is 35.4 Å². The minimum absolute atomic E-state index is 0.333. The molecule has 4 rings (SSSR count). The molecule has 0 unspecified atom stereocenters. The Morgan fingerprint density at radius 1 is 1.07 bits per heavy atom. The first-order chi connectivity index (χ1) is 13.1. The van der Waals surface area contributed by atoms with Crippen LogP contribution >= 0.6 is 0 Å². The highest BCUT2D eigenvalue weighted by Crippen LogP contribution is 2.38. The number of nitrogens with zero attached hydrogens (tertiary/aromatic N) is 3. The van der Waals surface area contributed by atoms with Crippen LogP contribution in [0.4, 0.5) is 0 Å². The van der Waals surface area contributed by atoms with Gasteiger partial charge in [-0.05, 0) is 63.7 Å². The maximum atomic E-state index is 13.5. The van der Waals surface area contributed by atoms with E-state index in [1.54, 1.807) is 0 Å². The summed E-state index contributed by atoms with van der Waals surface area (Å²) in [7, 11) is 2.27. The van der Waals surface area contributed by atoms with Crippen LogP contribution in [0.25, 0.3) is 0 Å². The Morgan fingerprint density at radius 2 is 1.85 bits per heavy atom. The normalized spacial score (nSPS) is 30.1. The lowest BCUT2D eigenvalue weighted by molar-refractivity contribution is -0.139. The molecule has 2 aliphatic heterocycles. The molecule has 2 fully saturated rings. The topological polar surface area (TPSA) is 26.8 Å². The number of carbonyl (C=O) groups is 1. The molecule has 1 aromatic carbocycles. The Labute approximate surface area is 164 Å². The highest BCUT2D eigenvalue weighted by molar-refractivity contribution is 5.88. The Balaban J connectivity index is 1.38. The minimum atomic E-state index is -0.333. The molecule has 0 aromatic heterocycles. The van der Waals surface area contributed by atoms with E-state index < -0.39 is 0 Å². The van der Waals surface area contributed by atoms with Gasteiger partial charge in [0.05, 0.1) is 5.41 Å². The first kappa shape index (κ1) is 18.9. The number of benzene rings is 1. The van der Waals surface area contributed by atoms with E-state index in [2.05, 4.69) is 52.9 Å². The van der Waals surface area contributed by atoms with Crippen LogP contribution in [-0.2, 0) is 16.6 Å². The first-order valence-electron chi connectivity index (χ1n) is 10.9. The minimum Gasteiger partial charge on any atom is -0.339 e. The molecule has 4 heteroatoms. The molecule has 0 N–H and O–H groups in total. The van der Waals surface area contributed by atoms with Crippen molar-refractivity contribution in [2.75, 3.05) is 46.3 Å². The summed E-state index contributed by atoms with van der Waals surface area (Å²) in [5, 5.41) is 0. The molecule has 2 atom stereocenters. The van der Waals surface area contributed by atoms with Crippen molar-refractivity contribution in [2.24, 2.45) is 0 Å². The lowest BCUT2D eigenvalue weighted by Gasteiger charge is -2.43. The highest BCUT2D eigenvalue weighted by atomic mass is 16.2. The summed E-state index contributed by atoms with van der Waals surface area (Å²) in [6, 6.07) is 9.29. The molecular weight excluding hydrogens is 334 g/mol. The zero-order valence-electron chi connectivity index (χ0n) is 17.1. The zero-order valence-corrected chi connectivity index (χ0v) is 17.1. The molecule has 4 nitrogen and oxygen atoms in total. The van der Waals surface area contributed by atoms with Gasteiger partial charge in [0, 0.05) is 38.8 Å². The van der Waals surface area contributed by atoms with Crippen molar-refractivity contribution in [2.45, 2.75) is 56.9 Å². The number of piperazine rings is 1. The molecule has 1 aromatic rings. The second kappa shape index (κ2) is 7.92. The van der Waals surface area contributed by atoms with E-state index in [1.165, 1.54) is 43.5 Å². The molecule has 0 spiro atoms. The summed E-state index contributed by atoms with van der Waals surface area (Å²) >= 11 is 0. The lowest BCUT2D eigenvalue weighted by atomic mass is 9.70. The molecule has 1 aliphatic carbocycles. The van der Waals surface area contributed by atoms with Crippen molar-refractivity contribution >= 4 is 5.91 Å². The van der Waals surface area contributed by atoms with Crippen LogP contribution in [0.1, 0.15) is 50.2 Å². The van der Waals surface area contributed by atoms with Crippen LogP contribution in [0.3, 0.4) is 0 Å². The van der Waals surface area contributed by atoms with Gasteiger partial charge in [-0.1, -0.05) is 30.7 Å². The van der Waals surface area contributed by atoms with Gasteiger partial charge in [-0.2, -0.15) is 0 Å². The van der Waals surface area contributed by atoms with Crippen molar-refractivity contribution in [3.8, 4) is 0 Å². The number of piperidine rings is 1. The lowest BCUT2D eigenvalue weighted by Crippen LogP contribution is -2.56. The fourth-order valence-electron chi connectivity index (χ4n) is 5.42. The number of hydrogen-bond acceptors (Lipinski definition) is 3. The summed E-state index contributed by atoms with van der Waals surface area (Å²) < 4.78 is 0. The fourth-order valence-corrected chi connectivity index (χ4v) is 5.42. The first-order valence-corrected chi connectivity index (χ1v) is 10.9. The van der Waals surface area contributed by atoms with Crippen LogP contribution in [-0.4, -0.2) is 73.0 Å². The smallest absolute Gasteiger partial charge is 0.233 e. The average molecular weight is 370 g/mol. The van der Waals surface area contributed by atoms with Gasteiger partial charge in [-0.25, -0.2) is 0 Å². The Morgan fingerprint density at radius 3 is 2.63 bits per heavy atom. The van der Waals surface area contributed by atoms with Crippen LogP contribution in [0.5, 0.6) is 0 Å². The molecule has 2 heterocycles. The number of aryl methyl sites for hydroxylation is 1. The molecule has 2 saturated heterocycles. The van der Waals surface area contributed by atoms with Gasteiger partial charge in [0.1, 0.15) is 0 Å². The number of likely N-dealkylation sites (tertiary alicyclic amines) is 1. The zero-order chi connectivity index (χ0) is 18.9. The molecule has 3 aliphatic rings. The SMILES string of the molecule is CN1CCCC[C@@H]1CN1CCN(C(=O)[C@]2(C)CCCc3ccccc32)CC1. The van der Waals surface area contributed by atoms with Crippen LogP contribution in [0, 0.1) is 0 Å². The largest absolute Gasteiger partial charge is 0.339 e. The molecule has 0 bridgehead atoms. The summed E-state index contributed by atoms with van der Waals surface area (Å²) in [6.45, 7) is 8.39. The summed E-state index contributed by atoms with van der Waals surface area (Å²) in [5.41, 5.74) is 2.31. The molecule has 0 saturated carbocycles. The molecule has 148 valence electrons. The van der Waals surface area contributed by atoms with Gasteiger partial charge < -0.3 is 9.80 Å². The third-order valence-electron chi connectivity index (χ3n) is 7.26. The van der Waals surface area contributed by atoms with E-state index in [4.69, 9.17) is 0 Å². The van der Waals surface area contributed by atoms with E-state index >= 15 is 0 Å². The van der Waals surface area contributed by atoms with Crippen LogP contribution < -0.4 is 0 Å². The van der Waals surface area contributed by atoms with Crippen LogP contribution in [0.15, 0.2) is 24.3 Å². The van der Waals surface area contributed by atoms with Crippen molar-refractivity contribution in [3.63, 3.8) is 0 Å². The number of amides is 1.